The van der Waals surface area contributed by atoms with E-state index in [0.29, 0.717) is 5.75 Å². The first-order valence-electron chi connectivity index (χ1n) is 6.72. The van der Waals surface area contributed by atoms with E-state index in [1.54, 1.807) is 12.1 Å². The van der Waals surface area contributed by atoms with Crippen LogP contribution in [-0.4, -0.2) is 11.1 Å². The zero-order valence-electron chi connectivity index (χ0n) is 13.0. The Morgan fingerprint density at radius 1 is 1.25 bits per heavy atom. The monoisotopic (exact) mass is 276 g/mol. The molecule has 0 radical (unpaired) electrons. The summed E-state index contributed by atoms with van der Waals surface area (Å²) in [6, 6.07) is 4.95. The van der Waals surface area contributed by atoms with Crippen molar-refractivity contribution in [2.75, 3.05) is 0 Å². The topological polar surface area (TPSA) is 46.5 Å². The molecule has 0 saturated carbocycles. The molecule has 3 nitrogen and oxygen atoms in total. The van der Waals surface area contributed by atoms with E-state index >= 15 is 0 Å². The maximum absolute atomic E-state index is 11.3. The molecule has 0 fully saturated rings. The standard InChI is InChI=1S/C17H24O3/c1-7-15(19)20-14-9-12(8-13(18)10-14)17(5,6)11-16(2,3)4/h7-10,18H,1,11H2,2-6H3. The molecule has 0 bridgehead atoms. The van der Waals surface area contributed by atoms with Crippen molar-refractivity contribution in [3.05, 3.63) is 36.4 Å². The van der Waals surface area contributed by atoms with Crippen LogP contribution in [0.2, 0.25) is 0 Å². The molecule has 0 atom stereocenters. The molecule has 0 spiro atoms. The van der Waals surface area contributed by atoms with Gasteiger partial charge in [0.25, 0.3) is 0 Å². The van der Waals surface area contributed by atoms with Crippen molar-refractivity contribution in [1.82, 2.24) is 0 Å². The number of phenols is 1. The van der Waals surface area contributed by atoms with E-state index in [1.165, 1.54) is 6.07 Å². The summed E-state index contributed by atoms with van der Waals surface area (Å²) in [6.45, 7) is 14.1. The molecule has 0 amide bonds. The number of esters is 1. The summed E-state index contributed by atoms with van der Waals surface area (Å²) in [6.07, 6.45) is 2.04. The number of carbonyl (C=O) groups is 1. The van der Waals surface area contributed by atoms with Gasteiger partial charge in [-0.15, -0.1) is 0 Å². The third-order valence-corrected chi connectivity index (χ3v) is 3.03. The highest BCUT2D eigenvalue weighted by Gasteiger charge is 2.28. The Kier molecular flexibility index (Phi) is 4.64. The minimum atomic E-state index is -0.532. The van der Waals surface area contributed by atoms with E-state index in [-0.39, 0.29) is 16.6 Å². The zero-order chi connectivity index (χ0) is 15.6. The van der Waals surface area contributed by atoms with Gasteiger partial charge in [-0.2, -0.15) is 0 Å². The van der Waals surface area contributed by atoms with Crippen molar-refractivity contribution in [2.24, 2.45) is 5.41 Å². The molecular weight excluding hydrogens is 252 g/mol. The average Bonchev–Trinajstić information content (AvgIpc) is 2.24. The summed E-state index contributed by atoms with van der Waals surface area (Å²) in [5, 5.41) is 9.82. The van der Waals surface area contributed by atoms with Gasteiger partial charge in [-0.1, -0.05) is 41.2 Å². The Hall–Kier alpha value is -1.77. The highest BCUT2D eigenvalue weighted by atomic mass is 16.5. The SMILES string of the molecule is C=CC(=O)Oc1cc(O)cc(C(C)(C)CC(C)(C)C)c1. The van der Waals surface area contributed by atoms with Crippen LogP contribution < -0.4 is 4.74 Å². The fourth-order valence-corrected chi connectivity index (χ4v) is 2.62. The Bertz CT molecular complexity index is 507. The third kappa shape index (κ3) is 4.72. The first kappa shape index (κ1) is 16.3. The molecule has 1 aromatic rings. The Morgan fingerprint density at radius 2 is 1.85 bits per heavy atom. The van der Waals surface area contributed by atoms with Gasteiger partial charge < -0.3 is 9.84 Å². The van der Waals surface area contributed by atoms with Crippen LogP contribution >= 0.6 is 0 Å². The van der Waals surface area contributed by atoms with Gasteiger partial charge >= 0.3 is 5.97 Å². The molecule has 3 heteroatoms. The fourth-order valence-electron chi connectivity index (χ4n) is 2.62. The van der Waals surface area contributed by atoms with Gasteiger partial charge in [0, 0.05) is 12.1 Å². The molecule has 1 N–H and O–H groups in total. The van der Waals surface area contributed by atoms with Crippen molar-refractivity contribution in [3.8, 4) is 11.5 Å². The summed E-state index contributed by atoms with van der Waals surface area (Å²) >= 11 is 0. The van der Waals surface area contributed by atoms with Crippen LogP contribution in [0.15, 0.2) is 30.9 Å². The van der Waals surface area contributed by atoms with E-state index in [4.69, 9.17) is 4.74 Å². The normalized spacial score (nSPS) is 12.1. The Balaban J connectivity index is 3.12. The number of carbonyl (C=O) groups excluding carboxylic acids is 1. The number of benzene rings is 1. The lowest BCUT2D eigenvalue weighted by molar-refractivity contribution is -0.128. The summed E-state index contributed by atoms with van der Waals surface area (Å²) in [5.74, 6) is -0.0987. The number of hydrogen-bond donors (Lipinski definition) is 1. The molecule has 0 aliphatic heterocycles. The maximum atomic E-state index is 11.3. The molecule has 0 aliphatic rings. The van der Waals surface area contributed by atoms with Crippen LogP contribution in [0, 0.1) is 5.41 Å². The predicted molar refractivity (Wildman–Crippen MR) is 81.0 cm³/mol. The summed E-state index contributed by atoms with van der Waals surface area (Å²) in [4.78, 5) is 11.3. The number of rotatable bonds is 4. The third-order valence-electron chi connectivity index (χ3n) is 3.03. The van der Waals surface area contributed by atoms with Crippen molar-refractivity contribution in [2.45, 2.75) is 46.5 Å². The highest BCUT2D eigenvalue weighted by Crippen LogP contribution is 2.38. The van der Waals surface area contributed by atoms with Crippen LogP contribution in [-0.2, 0) is 10.2 Å². The first-order valence-corrected chi connectivity index (χ1v) is 6.72. The van der Waals surface area contributed by atoms with E-state index in [2.05, 4.69) is 41.2 Å². The van der Waals surface area contributed by atoms with E-state index in [9.17, 15) is 9.90 Å². The van der Waals surface area contributed by atoms with E-state index < -0.39 is 5.97 Å². The van der Waals surface area contributed by atoms with E-state index in [0.717, 1.165) is 18.1 Å². The van der Waals surface area contributed by atoms with Crippen molar-refractivity contribution in [3.63, 3.8) is 0 Å². The molecule has 1 rings (SSSR count). The smallest absolute Gasteiger partial charge is 0.335 e. The second-order valence-electron chi connectivity index (χ2n) is 6.96. The van der Waals surface area contributed by atoms with Gasteiger partial charge in [-0.25, -0.2) is 4.79 Å². The van der Waals surface area contributed by atoms with Crippen molar-refractivity contribution >= 4 is 5.97 Å². The van der Waals surface area contributed by atoms with Crippen LogP contribution in [0.4, 0.5) is 0 Å². The molecule has 0 saturated heterocycles. The zero-order valence-corrected chi connectivity index (χ0v) is 13.0. The van der Waals surface area contributed by atoms with Crippen molar-refractivity contribution in [1.29, 1.82) is 0 Å². The number of ether oxygens (including phenoxy) is 1. The molecule has 20 heavy (non-hydrogen) atoms. The lowest BCUT2D eigenvalue weighted by atomic mass is 9.72. The number of phenolic OH excluding ortho intramolecular Hbond substituents is 1. The van der Waals surface area contributed by atoms with Crippen LogP contribution in [0.25, 0.3) is 0 Å². The van der Waals surface area contributed by atoms with Crippen LogP contribution in [0.5, 0.6) is 11.5 Å². The van der Waals surface area contributed by atoms with Gasteiger partial charge in [-0.05, 0) is 34.9 Å². The molecule has 0 heterocycles. The first-order chi connectivity index (χ1) is 9.03. The largest absolute Gasteiger partial charge is 0.508 e. The lowest BCUT2D eigenvalue weighted by Gasteiger charge is -2.33. The second kappa shape index (κ2) is 5.70. The average molecular weight is 276 g/mol. The lowest BCUT2D eigenvalue weighted by Crippen LogP contribution is -2.24. The number of aromatic hydroxyl groups is 1. The minimum Gasteiger partial charge on any atom is -0.508 e. The molecular formula is C17H24O3. The fraction of sp³-hybridized carbons (Fsp3) is 0.471. The van der Waals surface area contributed by atoms with Crippen LogP contribution in [0.1, 0.15) is 46.6 Å². The predicted octanol–water partition coefficient (Wildman–Crippen LogP) is 4.20. The molecule has 1 aromatic carbocycles. The second-order valence-corrected chi connectivity index (χ2v) is 6.96. The van der Waals surface area contributed by atoms with E-state index in [1.807, 2.05) is 0 Å². The van der Waals surface area contributed by atoms with Gasteiger partial charge in [-0.3, -0.25) is 0 Å². The molecule has 0 unspecified atom stereocenters. The van der Waals surface area contributed by atoms with Gasteiger partial charge in [0.05, 0.1) is 0 Å². The Morgan fingerprint density at radius 3 is 2.35 bits per heavy atom. The van der Waals surface area contributed by atoms with Crippen molar-refractivity contribution < 1.29 is 14.6 Å². The summed E-state index contributed by atoms with van der Waals surface area (Å²) < 4.78 is 5.09. The highest BCUT2D eigenvalue weighted by molar-refractivity contribution is 5.83. The molecule has 110 valence electrons. The minimum absolute atomic E-state index is 0.0938. The number of hydrogen-bond acceptors (Lipinski definition) is 3. The molecule has 0 aliphatic carbocycles. The van der Waals surface area contributed by atoms with Gasteiger partial charge in [0.2, 0.25) is 0 Å². The van der Waals surface area contributed by atoms with Gasteiger partial charge in [0.15, 0.2) is 0 Å². The van der Waals surface area contributed by atoms with Crippen LogP contribution in [0.3, 0.4) is 0 Å². The maximum Gasteiger partial charge on any atom is 0.335 e. The Labute approximate surface area is 121 Å². The molecule has 0 aromatic heterocycles. The van der Waals surface area contributed by atoms with Gasteiger partial charge in [0.1, 0.15) is 11.5 Å². The quantitative estimate of drug-likeness (QED) is 0.509. The summed E-state index contributed by atoms with van der Waals surface area (Å²) in [5.41, 5.74) is 0.971. The summed E-state index contributed by atoms with van der Waals surface area (Å²) in [7, 11) is 0.